The quantitative estimate of drug-likeness (QED) is 0.799. The Labute approximate surface area is 94.4 Å². The number of hydrogen-bond acceptors (Lipinski definition) is 3. The fourth-order valence-corrected chi connectivity index (χ4v) is 1.46. The zero-order valence-electron chi connectivity index (χ0n) is 8.84. The van der Waals surface area contributed by atoms with Gasteiger partial charge in [-0.2, -0.15) is 0 Å². The van der Waals surface area contributed by atoms with Crippen molar-refractivity contribution in [3.8, 4) is 0 Å². The summed E-state index contributed by atoms with van der Waals surface area (Å²) in [5.41, 5.74) is 2.24. The van der Waals surface area contributed by atoms with Crippen LogP contribution in [0.2, 0.25) is 5.02 Å². The SMILES string of the molecule is COC(=O)CNCc1ccc(Cl)cc1C. The number of nitrogens with one attached hydrogen (secondary N) is 1. The van der Waals surface area contributed by atoms with Gasteiger partial charge in [-0.1, -0.05) is 17.7 Å². The van der Waals surface area contributed by atoms with Gasteiger partial charge < -0.3 is 10.1 Å². The number of carbonyl (C=O) groups is 1. The summed E-state index contributed by atoms with van der Waals surface area (Å²) in [6, 6.07) is 5.68. The number of rotatable bonds is 4. The summed E-state index contributed by atoms with van der Waals surface area (Å²) < 4.78 is 4.51. The normalized spacial score (nSPS) is 10.1. The monoisotopic (exact) mass is 227 g/mol. The lowest BCUT2D eigenvalue weighted by Gasteiger charge is -2.07. The van der Waals surface area contributed by atoms with E-state index in [2.05, 4.69) is 10.1 Å². The molecule has 0 aliphatic carbocycles. The van der Waals surface area contributed by atoms with Crippen LogP contribution >= 0.6 is 11.6 Å². The van der Waals surface area contributed by atoms with Crippen LogP contribution in [0.4, 0.5) is 0 Å². The molecule has 0 saturated carbocycles. The van der Waals surface area contributed by atoms with E-state index in [1.807, 2.05) is 25.1 Å². The summed E-state index contributed by atoms with van der Waals surface area (Å²) in [4.78, 5) is 10.8. The number of hydrogen-bond donors (Lipinski definition) is 1. The Morgan fingerprint density at radius 3 is 2.87 bits per heavy atom. The molecule has 82 valence electrons. The summed E-state index contributed by atoms with van der Waals surface area (Å²) in [7, 11) is 1.37. The van der Waals surface area contributed by atoms with Gasteiger partial charge in [0.05, 0.1) is 13.7 Å². The molecule has 1 aromatic carbocycles. The molecule has 1 N–H and O–H groups in total. The minimum atomic E-state index is -0.262. The average molecular weight is 228 g/mol. The Morgan fingerprint density at radius 1 is 1.53 bits per heavy atom. The molecule has 4 heteroatoms. The highest BCUT2D eigenvalue weighted by molar-refractivity contribution is 6.30. The first kappa shape index (κ1) is 12.0. The van der Waals surface area contributed by atoms with Crippen molar-refractivity contribution in [3.63, 3.8) is 0 Å². The van der Waals surface area contributed by atoms with Crippen molar-refractivity contribution in [2.75, 3.05) is 13.7 Å². The van der Waals surface area contributed by atoms with E-state index in [0.717, 1.165) is 16.1 Å². The van der Waals surface area contributed by atoms with Crippen molar-refractivity contribution in [2.24, 2.45) is 0 Å². The molecule has 0 fully saturated rings. The highest BCUT2D eigenvalue weighted by Crippen LogP contribution is 2.14. The average Bonchev–Trinajstić information content (AvgIpc) is 2.21. The second-order valence-corrected chi connectivity index (χ2v) is 3.69. The number of benzene rings is 1. The van der Waals surface area contributed by atoms with Gasteiger partial charge in [0.2, 0.25) is 0 Å². The standard InChI is InChI=1S/C11H14ClNO2/c1-8-5-10(12)4-3-9(8)6-13-7-11(14)15-2/h3-5,13H,6-7H2,1-2H3. The minimum Gasteiger partial charge on any atom is -0.468 e. The largest absolute Gasteiger partial charge is 0.468 e. The summed E-state index contributed by atoms with van der Waals surface area (Å²) in [6.45, 7) is 2.84. The number of halogens is 1. The van der Waals surface area contributed by atoms with Gasteiger partial charge in [-0.3, -0.25) is 4.79 Å². The molecule has 0 spiro atoms. The van der Waals surface area contributed by atoms with E-state index in [9.17, 15) is 4.79 Å². The Morgan fingerprint density at radius 2 is 2.27 bits per heavy atom. The molecule has 0 aliphatic heterocycles. The third kappa shape index (κ3) is 3.90. The predicted molar refractivity (Wildman–Crippen MR) is 59.9 cm³/mol. The minimum absolute atomic E-state index is 0.221. The molecule has 0 aromatic heterocycles. The third-order valence-corrected chi connectivity index (χ3v) is 2.35. The third-order valence-electron chi connectivity index (χ3n) is 2.12. The van der Waals surface area contributed by atoms with Gasteiger partial charge >= 0.3 is 5.97 Å². The first-order valence-corrected chi connectivity index (χ1v) is 5.04. The van der Waals surface area contributed by atoms with Crippen LogP contribution in [0.3, 0.4) is 0 Å². The Balaban J connectivity index is 2.47. The molecule has 0 saturated heterocycles. The predicted octanol–water partition coefficient (Wildman–Crippen LogP) is 1.91. The van der Waals surface area contributed by atoms with Crippen molar-refractivity contribution in [3.05, 3.63) is 34.3 Å². The maximum Gasteiger partial charge on any atom is 0.319 e. The van der Waals surface area contributed by atoms with Crippen LogP contribution in [0.15, 0.2) is 18.2 Å². The summed E-state index contributed by atoms with van der Waals surface area (Å²) in [5.74, 6) is -0.262. The summed E-state index contributed by atoms with van der Waals surface area (Å²) >= 11 is 5.83. The lowest BCUT2D eigenvalue weighted by Crippen LogP contribution is -2.23. The zero-order valence-corrected chi connectivity index (χ0v) is 9.60. The van der Waals surface area contributed by atoms with E-state index in [0.29, 0.717) is 6.54 Å². The van der Waals surface area contributed by atoms with Crippen molar-refractivity contribution >= 4 is 17.6 Å². The zero-order chi connectivity index (χ0) is 11.3. The topological polar surface area (TPSA) is 38.3 Å². The molecule has 0 unspecified atom stereocenters. The van der Waals surface area contributed by atoms with E-state index in [1.165, 1.54) is 7.11 Å². The lowest BCUT2D eigenvalue weighted by atomic mass is 10.1. The molecular weight excluding hydrogens is 214 g/mol. The molecule has 0 atom stereocenters. The maximum atomic E-state index is 10.8. The fraction of sp³-hybridized carbons (Fsp3) is 0.364. The van der Waals surface area contributed by atoms with Crippen LogP contribution in [-0.4, -0.2) is 19.6 Å². The van der Waals surface area contributed by atoms with Crippen LogP contribution in [0.5, 0.6) is 0 Å². The van der Waals surface area contributed by atoms with Gasteiger partial charge in [0.25, 0.3) is 0 Å². The Bertz CT molecular complexity index is 352. The molecular formula is C11H14ClNO2. The van der Waals surface area contributed by atoms with Gasteiger partial charge in [0.15, 0.2) is 0 Å². The molecule has 3 nitrogen and oxygen atoms in total. The molecule has 0 radical (unpaired) electrons. The van der Waals surface area contributed by atoms with Crippen molar-refractivity contribution < 1.29 is 9.53 Å². The highest BCUT2D eigenvalue weighted by Gasteiger charge is 2.01. The first-order chi connectivity index (χ1) is 7.13. The van der Waals surface area contributed by atoms with Crippen LogP contribution in [-0.2, 0) is 16.1 Å². The van der Waals surface area contributed by atoms with Gasteiger partial charge in [-0.25, -0.2) is 0 Å². The van der Waals surface area contributed by atoms with Gasteiger partial charge in [0.1, 0.15) is 0 Å². The van der Waals surface area contributed by atoms with Gasteiger partial charge in [-0.15, -0.1) is 0 Å². The van der Waals surface area contributed by atoms with Crippen LogP contribution < -0.4 is 5.32 Å². The van der Waals surface area contributed by atoms with Crippen LogP contribution in [0.1, 0.15) is 11.1 Å². The maximum absolute atomic E-state index is 10.8. The molecule has 0 amide bonds. The second kappa shape index (κ2) is 5.73. The van der Waals surface area contributed by atoms with E-state index in [-0.39, 0.29) is 12.5 Å². The van der Waals surface area contributed by atoms with E-state index in [1.54, 1.807) is 0 Å². The Hall–Kier alpha value is -1.06. The number of aryl methyl sites for hydroxylation is 1. The second-order valence-electron chi connectivity index (χ2n) is 3.25. The van der Waals surface area contributed by atoms with Gasteiger partial charge in [-0.05, 0) is 30.2 Å². The number of esters is 1. The molecule has 15 heavy (non-hydrogen) atoms. The van der Waals surface area contributed by atoms with E-state index >= 15 is 0 Å². The van der Waals surface area contributed by atoms with Crippen molar-refractivity contribution in [1.29, 1.82) is 0 Å². The van der Waals surface area contributed by atoms with E-state index in [4.69, 9.17) is 11.6 Å². The molecule has 0 bridgehead atoms. The Kier molecular flexibility index (Phi) is 4.59. The van der Waals surface area contributed by atoms with Crippen LogP contribution in [0, 0.1) is 6.92 Å². The molecule has 1 aromatic rings. The van der Waals surface area contributed by atoms with Crippen molar-refractivity contribution in [1.82, 2.24) is 5.32 Å². The highest BCUT2D eigenvalue weighted by atomic mass is 35.5. The number of carbonyl (C=O) groups excluding carboxylic acids is 1. The lowest BCUT2D eigenvalue weighted by molar-refractivity contribution is -0.139. The number of ether oxygens (including phenoxy) is 1. The first-order valence-electron chi connectivity index (χ1n) is 4.66. The van der Waals surface area contributed by atoms with E-state index < -0.39 is 0 Å². The fourth-order valence-electron chi connectivity index (χ4n) is 1.23. The molecule has 1 rings (SSSR count). The van der Waals surface area contributed by atoms with Crippen LogP contribution in [0.25, 0.3) is 0 Å². The van der Waals surface area contributed by atoms with Crippen molar-refractivity contribution in [2.45, 2.75) is 13.5 Å². The molecule has 0 heterocycles. The summed E-state index contributed by atoms with van der Waals surface area (Å²) in [5, 5.41) is 3.72. The summed E-state index contributed by atoms with van der Waals surface area (Å²) in [6.07, 6.45) is 0. The number of methoxy groups -OCH3 is 1. The van der Waals surface area contributed by atoms with Gasteiger partial charge in [0, 0.05) is 11.6 Å². The molecule has 0 aliphatic rings. The smallest absolute Gasteiger partial charge is 0.319 e.